The molecule has 1 aromatic carbocycles. The molecule has 0 spiro atoms. The van der Waals surface area contributed by atoms with Gasteiger partial charge in [0, 0.05) is 0 Å². The van der Waals surface area contributed by atoms with Crippen LogP contribution in [0.15, 0.2) is 10.5 Å². The Morgan fingerprint density at radius 1 is 1.27 bits per heavy atom. The van der Waals surface area contributed by atoms with E-state index in [2.05, 4.69) is 15.9 Å². The predicted octanol–water partition coefficient (Wildman–Crippen LogP) is 1.70. The number of carboxylic acid groups (broad SMARTS) is 1. The molecule has 15 heavy (non-hydrogen) atoms. The Balaban J connectivity index is 3.45. The van der Waals surface area contributed by atoms with Crippen molar-refractivity contribution in [1.29, 1.82) is 0 Å². The SMILES string of the molecule is O=C(O)C(=O)c1cc(Br)c(O)c(F)c1F. The summed E-state index contributed by atoms with van der Waals surface area (Å²) < 4.78 is 25.6. The third kappa shape index (κ3) is 1.96. The summed E-state index contributed by atoms with van der Waals surface area (Å²) in [6, 6.07) is 0.699. The van der Waals surface area contributed by atoms with E-state index in [0.717, 1.165) is 0 Å². The van der Waals surface area contributed by atoms with Crippen LogP contribution in [0.1, 0.15) is 10.4 Å². The number of rotatable bonds is 2. The van der Waals surface area contributed by atoms with Gasteiger partial charge in [-0.3, -0.25) is 4.79 Å². The summed E-state index contributed by atoms with van der Waals surface area (Å²) in [4.78, 5) is 21.1. The molecule has 4 nitrogen and oxygen atoms in total. The summed E-state index contributed by atoms with van der Waals surface area (Å²) in [7, 11) is 0. The Morgan fingerprint density at radius 3 is 2.27 bits per heavy atom. The number of hydrogen-bond acceptors (Lipinski definition) is 3. The van der Waals surface area contributed by atoms with E-state index in [4.69, 9.17) is 10.2 Å². The third-order valence-electron chi connectivity index (χ3n) is 1.57. The van der Waals surface area contributed by atoms with Crippen LogP contribution in [-0.2, 0) is 4.79 Å². The first-order valence-corrected chi connectivity index (χ1v) is 4.29. The molecule has 0 aliphatic carbocycles. The summed E-state index contributed by atoms with van der Waals surface area (Å²) in [6.07, 6.45) is 0. The Labute approximate surface area is 90.3 Å². The minimum Gasteiger partial charge on any atom is -0.504 e. The molecule has 0 amide bonds. The molecule has 0 atom stereocenters. The van der Waals surface area contributed by atoms with Gasteiger partial charge in [0.15, 0.2) is 11.6 Å². The standard InChI is InChI=1S/C8H3BrF2O4/c9-3-1-2(6(12)8(14)15)4(10)5(11)7(3)13/h1,13H,(H,14,15). The number of carbonyl (C=O) groups is 2. The van der Waals surface area contributed by atoms with Gasteiger partial charge in [0.05, 0.1) is 10.0 Å². The Morgan fingerprint density at radius 2 is 1.80 bits per heavy atom. The average molecular weight is 281 g/mol. The molecule has 0 bridgehead atoms. The molecular formula is C8H3BrF2O4. The number of phenols is 1. The number of halogens is 3. The monoisotopic (exact) mass is 280 g/mol. The second-order valence-corrected chi connectivity index (χ2v) is 3.37. The molecule has 0 heterocycles. The maximum Gasteiger partial charge on any atom is 0.377 e. The molecule has 0 radical (unpaired) electrons. The first kappa shape index (κ1) is 11.6. The Bertz CT molecular complexity index is 458. The van der Waals surface area contributed by atoms with Crippen LogP contribution in [0.2, 0.25) is 0 Å². The lowest BCUT2D eigenvalue weighted by Gasteiger charge is -2.04. The van der Waals surface area contributed by atoms with E-state index in [1.807, 2.05) is 0 Å². The largest absolute Gasteiger partial charge is 0.504 e. The number of carbonyl (C=O) groups excluding carboxylic acids is 1. The lowest BCUT2D eigenvalue weighted by atomic mass is 10.1. The summed E-state index contributed by atoms with van der Waals surface area (Å²) in [6.45, 7) is 0. The van der Waals surface area contributed by atoms with Gasteiger partial charge in [-0.1, -0.05) is 0 Å². The van der Waals surface area contributed by atoms with E-state index in [9.17, 15) is 18.4 Å². The van der Waals surface area contributed by atoms with Crippen LogP contribution in [-0.4, -0.2) is 22.0 Å². The molecule has 80 valence electrons. The van der Waals surface area contributed by atoms with Gasteiger partial charge in [-0.15, -0.1) is 0 Å². The maximum absolute atomic E-state index is 13.0. The molecule has 0 aliphatic rings. The number of hydrogen-bond donors (Lipinski definition) is 2. The zero-order chi connectivity index (χ0) is 11.7. The minimum absolute atomic E-state index is 0.300. The minimum atomic E-state index is -1.91. The molecule has 2 N–H and O–H groups in total. The molecule has 7 heteroatoms. The quantitative estimate of drug-likeness (QED) is 0.491. The van der Waals surface area contributed by atoms with Gasteiger partial charge in [0.25, 0.3) is 5.78 Å². The van der Waals surface area contributed by atoms with Crippen molar-refractivity contribution in [2.75, 3.05) is 0 Å². The van der Waals surface area contributed by atoms with Crippen LogP contribution in [0.5, 0.6) is 5.75 Å². The second kappa shape index (κ2) is 3.93. The number of Topliss-reactive ketones (excluding diaryl/α,β-unsaturated/α-hetero) is 1. The van der Waals surface area contributed by atoms with Gasteiger partial charge in [-0.05, 0) is 22.0 Å². The summed E-state index contributed by atoms with van der Waals surface area (Å²) >= 11 is 2.65. The third-order valence-corrected chi connectivity index (χ3v) is 2.18. The van der Waals surface area contributed by atoms with Crippen molar-refractivity contribution >= 4 is 27.7 Å². The summed E-state index contributed by atoms with van der Waals surface area (Å²) in [5.41, 5.74) is -0.954. The lowest BCUT2D eigenvalue weighted by Crippen LogP contribution is -2.15. The average Bonchev–Trinajstić information content (AvgIpc) is 2.19. The van der Waals surface area contributed by atoms with Crippen molar-refractivity contribution in [2.45, 2.75) is 0 Å². The number of aromatic hydroxyl groups is 1. The highest BCUT2D eigenvalue weighted by molar-refractivity contribution is 9.10. The summed E-state index contributed by atoms with van der Waals surface area (Å²) in [5, 5.41) is 17.2. The Kier molecular flexibility index (Phi) is 3.04. The first-order valence-electron chi connectivity index (χ1n) is 3.50. The van der Waals surface area contributed by atoms with Crippen LogP contribution < -0.4 is 0 Å². The van der Waals surface area contributed by atoms with Crippen LogP contribution in [0.3, 0.4) is 0 Å². The maximum atomic E-state index is 13.0. The highest BCUT2D eigenvalue weighted by Crippen LogP contribution is 2.30. The van der Waals surface area contributed by atoms with Crippen molar-refractivity contribution in [2.24, 2.45) is 0 Å². The van der Waals surface area contributed by atoms with Gasteiger partial charge in [0.2, 0.25) is 5.82 Å². The van der Waals surface area contributed by atoms with Crippen molar-refractivity contribution < 1.29 is 28.6 Å². The van der Waals surface area contributed by atoms with Gasteiger partial charge in [-0.25, -0.2) is 9.18 Å². The van der Waals surface area contributed by atoms with Crippen molar-refractivity contribution in [1.82, 2.24) is 0 Å². The molecule has 0 saturated carbocycles. The fourth-order valence-electron chi connectivity index (χ4n) is 0.866. The number of carboxylic acids is 1. The molecule has 0 fully saturated rings. The predicted molar refractivity (Wildman–Crippen MR) is 47.7 cm³/mol. The zero-order valence-corrected chi connectivity index (χ0v) is 8.51. The van der Waals surface area contributed by atoms with E-state index in [0.29, 0.717) is 6.07 Å². The van der Waals surface area contributed by atoms with Gasteiger partial charge in [0.1, 0.15) is 0 Å². The molecular weight excluding hydrogens is 278 g/mol. The van der Waals surface area contributed by atoms with Crippen LogP contribution in [0, 0.1) is 11.6 Å². The molecule has 1 rings (SSSR count). The molecule has 0 aliphatic heterocycles. The zero-order valence-electron chi connectivity index (χ0n) is 6.92. The smallest absolute Gasteiger partial charge is 0.377 e. The van der Waals surface area contributed by atoms with Crippen LogP contribution in [0.25, 0.3) is 0 Å². The number of phenolic OH excluding ortho intramolecular Hbond substituents is 1. The van der Waals surface area contributed by atoms with E-state index < -0.39 is 34.7 Å². The molecule has 0 aromatic heterocycles. The topological polar surface area (TPSA) is 74.6 Å². The molecule has 0 unspecified atom stereocenters. The van der Waals surface area contributed by atoms with Crippen LogP contribution in [0.4, 0.5) is 8.78 Å². The van der Waals surface area contributed by atoms with Crippen molar-refractivity contribution in [3.05, 3.63) is 27.7 Å². The van der Waals surface area contributed by atoms with E-state index in [1.54, 1.807) is 0 Å². The van der Waals surface area contributed by atoms with Gasteiger partial charge < -0.3 is 10.2 Å². The Hall–Kier alpha value is -1.50. The highest BCUT2D eigenvalue weighted by atomic mass is 79.9. The number of benzene rings is 1. The normalized spacial score (nSPS) is 10.1. The van der Waals surface area contributed by atoms with Crippen molar-refractivity contribution in [3.63, 3.8) is 0 Å². The highest BCUT2D eigenvalue weighted by Gasteiger charge is 2.25. The number of ketones is 1. The first-order chi connectivity index (χ1) is 6.86. The van der Waals surface area contributed by atoms with E-state index in [-0.39, 0.29) is 4.47 Å². The van der Waals surface area contributed by atoms with Gasteiger partial charge >= 0.3 is 5.97 Å². The van der Waals surface area contributed by atoms with Crippen LogP contribution >= 0.6 is 15.9 Å². The molecule has 1 aromatic rings. The van der Waals surface area contributed by atoms with Gasteiger partial charge in [-0.2, -0.15) is 4.39 Å². The van der Waals surface area contributed by atoms with E-state index in [1.165, 1.54) is 0 Å². The second-order valence-electron chi connectivity index (χ2n) is 2.52. The fraction of sp³-hybridized carbons (Fsp3) is 0. The number of aliphatic carboxylic acids is 1. The van der Waals surface area contributed by atoms with E-state index >= 15 is 0 Å². The molecule has 0 saturated heterocycles. The lowest BCUT2D eigenvalue weighted by molar-refractivity contribution is -0.131. The van der Waals surface area contributed by atoms with Crippen molar-refractivity contribution in [3.8, 4) is 5.75 Å². The summed E-state index contributed by atoms with van der Waals surface area (Å²) in [5.74, 6) is -7.88. The fourth-order valence-corrected chi connectivity index (χ4v) is 1.27.